The summed E-state index contributed by atoms with van der Waals surface area (Å²) in [5.74, 6) is -2.03. The summed E-state index contributed by atoms with van der Waals surface area (Å²) in [6.45, 7) is 2.02. The van der Waals surface area contributed by atoms with Crippen molar-refractivity contribution in [2.24, 2.45) is 0 Å². The molecule has 0 aromatic carbocycles. The highest BCUT2D eigenvalue weighted by atomic mass is 32.1. The zero-order valence-electron chi connectivity index (χ0n) is 11.0. The van der Waals surface area contributed by atoms with E-state index in [0.29, 0.717) is 5.69 Å². The van der Waals surface area contributed by atoms with Crippen molar-refractivity contribution in [3.8, 4) is 0 Å². The van der Waals surface area contributed by atoms with Crippen molar-refractivity contribution in [1.82, 2.24) is 15.6 Å². The predicted octanol–water partition coefficient (Wildman–Crippen LogP) is 0.267. The van der Waals surface area contributed by atoms with Gasteiger partial charge in [-0.3, -0.25) is 4.79 Å². The van der Waals surface area contributed by atoms with Crippen molar-refractivity contribution in [2.75, 3.05) is 7.11 Å². The molecule has 3 N–H and O–H groups in total. The molecule has 0 saturated heterocycles. The zero-order valence-corrected chi connectivity index (χ0v) is 11.8. The Morgan fingerprint density at radius 3 is 2.70 bits per heavy atom. The van der Waals surface area contributed by atoms with Crippen molar-refractivity contribution in [2.45, 2.75) is 25.9 Å². The largest absolute Gasteiger partial charge is 0.480 e. The fourth-order valence-corrected chi connectivity index (χ4v) is 1.93. The number of hydrogen-bond acceptors (Lipinski definition) is 6. The quantitative estimate of drug-likeness (QED) is 0.649. The first-order valence-corrected chi connectivity index (χ1v) is 6.55. The Hall–Kier alpha value is -2.16. The number of aliphatic carboxylic acids is 1. The average molecular weight is 301 g/mol. The number of aromatic nitrogens is 1. The number of aryl methyl sites for hydroxylation is 1. The van der Waals surface area contributed by atoms with Crippen molar-refractivity contribution >= 4 is 29.3 Å². The van der Waals surface area contributed by atoms with Crippen LogP contribution >= 0.6 is 11.3 Å². The zero-order chi connectivity index (χ0) is 15.1. The van der Waals surface area contributed by atoms with Crippen LogP contribution in [0, 0.1) is 6.92 Å². The number of methoxy groups -OCH3 is 1. The van der Waals surface area contributed by atoms with Gasteiger partial charge >= 0.3 is 18.0 Å². The van der Waals surface area contributed by atoms with Gasteiger partial charge in [0.05, 0.1) is 30.8 Å². The second kappa shape index (κ2) is 7.43. The third kappa shape index (κ3) is 5.22. The molecule has 2 amide bonds. The van der Waals surface area contributed by atoms with Crippen LogP contribution in [0.3, 0.4) is 0 Å². The summed E-state index contributed by atoms with van der Waals surface area (Å²) >= 11 is 1.45. The van der Waals surface area contributed by atoms with Crippen molar-refractivity contribution in [3.63, 3.8) is 0 Å². The lowest BCUT2D eigenvalue weighted by Gasteiger charge is -2.13. The van der Waals surface area contributed by atoms with E-state index in [1.54, 1.807) is 5.38 Å². The van der Waals surface area contributed by atoms with Gasteiger partial charge in [-0.2, -0.15) is 0 Å². The second-order valence-electron chi connectivity index (χ2n) is 3.86. The fourth-order valence-electron chi connectivity index (χ4n) is 1.32. The highest BCUT2D eigenvalue weighted by molar-refractivity contribution is 7.09. The fraction of sp³-hybridized carbons (Fsp3) is 0.455. The number of carboxylic acids is 1. The van der Waals surface area contributed by atoms with E-state index in [4.69, 9.17) is 5.11 Å². The molecule has 0 aliphatic carbocycles. The first-order chi connectivity index (χ1) is 9.42. The van der Waals surface area contributed by atoms with Gasteiger partial charge in [0.2, 0.25) is 0 Å². The first kappa shape index (κ1) is 15.9. The van der Waals surface area contributed by atoms with E-state index in [9.17, 15) is 14.4 Å². The van der Waals surface area contributed by atoms with Gasteiger partial charge in [0, 0.05) is 5.38 Å². The molecule has 110 valence electrons. The van der Waals surface area contributed by atoms with E-state index in [1.807, 2.05) is 6.92 Å². The van der Waals surface area contributed by atoms with Gasteiger partial charge in [-0.1, -0.05) is 0 Å². The predicted molar refractivity (Wildman–Crippen MR) is 70.3 cm³/mol. The molecule has 20 heavy (non-hydrogen) atoms. The van der Waals surface area contributed by atoms with E-state index in [1.165, 1.54) is 11.3 Å². The summed E-state index contributed by atoms with van der Waals surface area (Å²) in [5, 5.41) is 16.2. The molecule has 0 unspecified atom stereocenters. The minimum absolute atomic E-state index is 0.181. The van der Waals surface area contributed by atoms with E-state index in [2.05, 4.69) is 20.4 Å². The number of rotatable bonds is 6. The van der Waals surface area contributed by atoms with Crippen LogP contribution in [0.4, 0.5) is 4.79 Å². The molecule has 1 atom stereocenters. The highest BCUT2D eigenvalue weighted by Crippen LogP contribution is 2.07. The molecule has 0 bridgehead atoms. The SMILES string of the molecule is COC(=O)C[C@H](NC(=O)NCc1csc(C)n1)C(=O)O. The van der Waals surface area contributed by atoms with Crippen LogP contribution < -0.4 is 10.6 Å². The second-order valence-corrected chi connectivity index (χ2v) is 4.92. The summed E-state index contributed by atoms with van der Waals surface area (Å²) in [4.78, 5) is 37.6. The summed E-state index contributed by atoms with van der Waals surface area (Å²) < 4.78 is 4.36. The average Bonchev–Trinajstić information content (AvgIpc) is 2.81. The standard InChI is InChI=1S/C11H15N3O5S/c1-6-13-7(5-20-6)4-12-11(18)14-8(10(16)17)3-9(15)19-2/h5,8H,3-4H2,1-2H3,(H,16,17)(H2,12,14,18)/t8-/m0/s1. The molecule has 1 aromatic heterocycles. The van der Waals surface area contributed by atoms with Gasteiger partial charge in [-0.15, -0.1) is 11.3 Å². The number of carbonyl (C=O) groups excluding carboxylic acids is 2. The van der Waals surface area contributed by atoms with Crippen LogP contribution in [0.25, 0.3) is 0 Å². The number of carbonyl (C=O) groups is 3. The molecule has 0 aliphatic heterocycles. The monoisotopic (exact) mass is 301 g/mol. The molecular weight excluding hydrogens is 286 g/mol. The number of esters is 1. The summed E-state index contributed by atoms with van der Waals surface area (Å²) in [7, 11) is 1.14. The van der Waals surface area contributed by atoms with E-state index in [-0.39, 0.29) is 6.54 Å². The molecule has 8 nitrogen and oxygen atoms in total. The maximum absolute atomic E-state index is 11.5. The molecule has 0 aliphatic rings. The third-order valence-electron chi connectivity index (χ3n) is 2.30. The number of carboxylic acid groups (broad SMARTS) is 1. The van der Waals surface area contributed by atoms with E-state index < -0.39 is 30.4 Å². The molecule has 9 heteroatoms. The normalized spacial score (nSPS) is 11.5. The lowest BCUT2D eigenvalue weighted by molar-refractivity contribution is -0.147. The van der Waals surface area contributed by atoms with Gasteiger partial charge in [0.25, 0.3) is 0 Å². The molecular formula is C11H15N3O5S. The first-order valence-electron chi connectivity index (χ1n) is 5.67. The molecule has 0 spiro atoms. The molecule has 1 rings (SSSR count). The van der Waals surface area contributed by atoms with Crippen LogP contribution in [0.5, 0.6) is 0 Å². The number of amides is 2. The van der Waals surface area contributed by atoms with Crippen molar-refractivity contribution in [1.29, 1.82) is 0 Å². The Morgan fingerprint density at radius 1 is 1.50 bits per heavy atom. The Morgan fingerprint density at radius 2 is 2.20 bits per heavy atom. The Labute approximate surface area is 119 Å². The topological polar surface area (TPSA) is 118 Å². The smallest absolute Gasteiger partial charge is 0.326 e. The maximum Gasteiger partial charge on any atom is 0.326 e. The van der Waals surface area contributed by atoms with Gasteiger partial charge in [-0.25, -0.2) is 14.6 Å². The Bertz CT molecular complexity index is 502. The summed E-state index contributed by atoms with van der Waals surface area (Å²) in [5.41, 5.74) is 0.683. The number of nitrogens with zero attached hydrogens (tertiary/aromatic N) is 1. The van der Waals surface area contributed by atoms with Crippen LogP contribution in [0.15, 0.2) is 5.38 Å². The van der Waals surface area contributed by atoms with Gasteiger partial charge in [0.1, 0.15) is 6.04 Å². The molecule has 1 heterocycles. The highest BCUT2D eigenvalue weighted by Gasteiger charge is 2.23. The number of ether oxygens (including phenoxy) is 1. The van der Waals surface area contributed by atoms with E-state index >= 15 is 0 Å². The van der Waals surface area contributed by atoms with Crippen molar-refractivity contribution < 1.29 is 24.2 Å². The number of thiazole rings is 1. The minimum atomic E-state index is -1.33. The Kier molecular flexibility index (Phi) is 5.91. The minimum Gasteiger partial charge on any atom is -0.480 e. The number of hydrogen-bond donors (Lipinski definition) is 3. The summed E-state index contributed by atoms with van der Waals surface area (Å²) in [6, 6.07) is -2.02. The maximum atomic E-state index is 11.5. The molecule has 0 fully saturated rings. The molecule has 0 radical (unpaired) electrons. The van der Waals surface area contributed by atoms with Crippen LogP contribution in [-0.4, -0.2) is 41.2 Å². The molecule has 1 aromatic rings. The van der Waals surface area contributed by atoms with Gasteiger partial charge in [-0.05, 0) is 6.92 Å². The number of urea groups is 1. The molecule has 0 saturated carbocycles. The lowest BCUT2D eigenvalue weighted by atomic mass is 10.2. The Balaban J connectivity index is 2.45. The van der Waals surface area contributed by atoms with Crippen LogP contribution in [0.2, 0.25) is 0 Å². The van der Waals surface area contributed by atoms with Crippen LogP contribution in [-0.2, 0) is 20.9 Å². The third-order valence-corrected chi connectivity index (χ3v) is 3.12. The lowest BCUT2D eigenvalue weighted by Crippen LogP contribution is -2.46. The van der Waals surface area contributed by atoms with Crippen LogP contribution in [0.1, 0.15) is 17.1 Å². The van der Waals surface area contributed by atoms with E-state index in [0.717, 1.165) is 12.1 Å². The summed E-state index contributed by atoms with van der Waals surface area (Å²) in [6.07, 6.45) is -0.435. The van der Waals surface area contributed by atoms with Crippen molar-refractivity contribution in [3.05, 3.63) is 16.1 Å². The van der Waals surface area contributed by atoms with Gasteiger partial charge in [0.15, 0.2) is 0 Å². The van der Waals surface area contributed by atoms with Gasteiger partial charge < -0.3 is 20.5 Å². The number of nitrogens with one attached hydrogen (secondary N) is 2.